The average Bonchev–Trinajstić information content (AvgIpc) is 2.71. The van der Waals surface area contributed by atoms with E-state index in [9.17, 15) is 4.79 Å². The smallest absolute Gasteiger partial charge is 0.159 e. The number of hydrogen-bond donors (Lipinski definition) is 0. The summed E-state index contributed by atoms with van der Waals surface area (Å²) in [6.07, 6.45) is 3.46. The number of carbonyl (C=O) groups excluding carboxylic acids is 1. The fourth-order valence-corrected chi connectivity index (χ4v) is 2.20. The molecule has 0 aromatic heterocycles. The monoisotopic (exact) mass is 216 g/mol. The molecule has 0 N–H and O–H groups in total. The highest BCUT2D eigenvalue weighted by Crippen LogP contribution is 2.35. The molecule has 2 heteroatoms. The first-order valence-electron chi connectivity index (χ1n) is 5.57. The van der Waals surface area contributed by atoms with Crippen molar-refractivity contribution in [3.05, 3.63) is 41.5 Å². The molecular formula is C14H16O2. The minimum absolute atomic E-state index is 0.295. The van der Waals surface area contributed by atoms with Gasteiger partial charge in [0, 0.05) is 6.42 Å². The summed E-state index contributed by atoms with van der Waals surface area (Å²) in [5, 5.41) is 0. The Morgan fingerprint density at radius 2 is 1.94 bits per heavy atom. The second-order valence-corrected chi connectivity index (χ2v) is 4.12. The van der Waals surface area contributed by atoms with Crippen LogP contribution in [0.1, 0.15) is 31.2 Å². The Bertz CT molecular complexity index is 415. The predicted molar refractivity (Wildman–Crippen MR) is 63.7 cm³/mol. The van der Waals surface area contributed by atoms with Crippen LogP contribution >= 0.6 is 0 Å². The molecule has 84 valence electrons. The maximum Gasteiger partial charge on any atom is 0.159 e. The molecule has 1 aliphatic carbocycles. The molecule has 0 aliphatic heterocycles. The zero-order chi connectivity index (χ0) is 11.5. The first kappa shape index (κ1) is 10.9. The van der Waals surface area contributed by atoms with Gasteiger partial charge in [0.15, 0.2) is 5.78 Å². The highest BCUT2D eigenvalue weighted by molar-refractivity contribution is 5.98. The van der Waals surface area contributed by atoms with E-state index in [1.807, 2.05) is 25.1 Å². The number of rotatable bonds is 2. The van der Waals surface area contributed by atoms with E-state index in [1.165, 1.54) is 5.56 Å². The largest absolute Gasteiger partial charge is 0.497 e. The Balaban J connectivity index is 2.17. The van der Waals surface area contributed by atoms with E-state index in [1.54, 1.807) is 7.11 Å². The predicted octanol–water partition coefficient (Wildman–Crippen LogP) is 3.09. The Morgan fingerprint density at radius 1 is 1.25 bits per heavy atom. The molecule has 1 aromatic carbocycles. The molecule has 0 saturated heterocycles. The third-order valence-corrected chi connectivity index (χ3v) is 3.19. The molecule has 2 nitrogen and oxygen atoms in total. The van der Waals surface area contributed by atoms with Crippen molar-refractivity contribution in [3.8, 4) is 5.75 Å². The van der Waals surface area contributed by atoms with Crippen molar-refractivity contribution in [2.45, 2.75) is 25.7 Å². The molecule has 2 rings (SSSR count). The zero-order valence-corrected chi connectivity index (χ0v) is 9.69. The number of carbonyl (C=O) groups is 1. The standard InChI is InChI=1S/C14H16O2/c1-3-10-8-12(9-14(10)15)11-4-6-13(16-2)7-5-11/h3-7,12H,8-9H2,1-2H3/b10-3+. The van der Waals surface area contributed by atoms with Crippen molar-refractivity contribution < 1.29 is 9.53 Å². The van der Waals surface area contributed by atoms with Gasteiger partial charge in [0.2, 0.25) is 0 Å². The van der Waals surface area contributed by atoms with Crippen molar-refractivity contribution in [1.29, 1.82) is 0 Å². The van der Waals surface area contributed by atoms with Gasteiger partial charge in [0.25, 0.3) is 0 Å². The molecular weight excluding hydrogens is 200 g/mol. The van der Waals surface area contributed by atoms with Crippen LogP contribution in [0.4, 0.5) is 0 Å². The molecule has 0 heterocycles. The van der Waals surface area contributed by atoms with Gasteiger partial charge in [-0.3, -0.25) is 4.79 Å². The lowest BCUT2D eigenvalue weighted by molar-refractivity contribution is -0.114. The maximum absolute atomic E-state index is 11.6. The maximum atomic E-state index is 11.6. The van der Waals surface area contributed by atoms with Crippen LogP contribution in [-0.4, -0.2) is 12.9 Å². The van der Waals surface area contributed by atoms with Gasteiger partial charge >= 0.3 is 0 Å². The normalized spacial score (nSPS) is 22.8. The summed E-state index contributed by atoms with van der Waals surface area (Å²) in [6, 6.07) is 8.01. The molecule has 1 atom stereocenters. The van der Waals surface area contributed by atoms with Crippen molar-refractivity contribution in [3.63, 3.8) is 0 Å². The summed E-state index contributed by atoms with van der Waals surface area (Å²) in [6.45, 7) is 1.93. The lowest BCUT2D eigenvalue weighted by Gasteiger charge is -2.08. The highest BCUT2D eigenvalue weighted by Gasteiger charge is 2.27. The third kappa shape index (κ3) is 2.01. The number of allylic oxidation sites excluding steroid dienone is 2. The number of methoxy groups -OCH3 is 1. The van der Waals surface area contributed by atoms with E-state index in [-0.39, 0.29) is 0 Å². The van der Waals surface area contributed by atoms with Crippen LogP contribution in [-0.2, 0) is 4.79 Å². The lowest BCUT2D eigenvalue weighted by atomic mass is 9.97. The van der Waals surface area contributed by atoms with Gasteiger partial charge in [-0.05, 0) is 42.5 Å². The second kappa shape index (κ2) is 4.52. The Hall–Kier alpha value is -1.57. The number of benzene rings is 1. The van der Waals surface area contributed by atoms with Crippen LogP contribution in [0, 0.1) is 0 Å². The van der Waals surface area contributed by atoms with Crippen molar-refractivity contribution >= 4 is 5.78 Å². The van der Waals surface area contributed by atoms with Crippen LogP contribution in [0.2, 0.25) is 0 Å². The molecule has 1 saturated carbocycles. The SMILES string of the molecule is C/C=C1\CC(c2ccc(OC)cc2)CC1=O. The minimum atomic E-state index is 0.295. The van der Waals surface area contributed by atoms with Gasteiger partial charge < -0.3 is 4.74 Å². The first-order chi connectivity index (χ1) is 7.74. The van der Waals surface area contributed by atoms with Crippen molar-refractivity contribution in [1.82, 2.24) is 0 Å². The molecule has 0 amide bonds. The topological polar surface area (TPSA) is 26.3 Å². The van der Waals surface area contributed by atoms with Crippen LogP contribution in [0.5, 0.6) is 5.75 Å². The molecule has 16 heavy (non-hydrogen) atoms. The van der Waals surface area contributed by atoms with Gasteiger partial charge in [-0.15, -0.1) is 0 Å². The van der Waals surface area contributed by atoms with Crippen LogP contribution in [0.25, 0.3) is 0 Å². The lowest BCUT2D eigenvalue weighted by Crippen LogP contribution is -1.94. The Morgan fingerprint density at radius 3 is 2.44 bits per heavy atom. The van der Waals surface area contributed by atoms with E-state index in [4.69, 9.17) is 4.74 Å². The van der Waals surface area contributed by atoms with Gasteiger partial charge in [-0.25, -0.2) is 0 Å². The fourth-order valence-electron chi connectivity index (χ4n) is 2.20. The first-order valence-corrected chi connectivity index (χ1v) is 5.57. The molecule has 0 radical (unpaired) electrons. The quantitative estimate of drug-likeness (QED) is 0.710. The summed E-state index contributed by atoms with van der Waals surface area (Å²) in [5.74, 6) is 1.51. The van der Waals surface area contributed by atoms with E-state index in [2.05, 4.69) is 12.1 Å². The van der Waals surface area contributed by atoms with Gasteiger partial charge in [0.1, 0.15) is 5.75 Å². The summed E-state index contributed by atoms with van der Waals surface area (Å²) in [5.41, 5.74) is 2.20. The third-order valence-electron chi connectivity index (χ3n) is 3.19. The number of hydrogen-bond acceptors (Lipinski definition) is 2. The highest BCUT2D eigenvalue weighted by atomic mass is 16.5. The summed E-state index contributed by atoms with van der Waals surface area (Å²) in [4.78, 5) is 11.6. The van der Waals surface area contributed by atoms with Gasteiger partial charge in [-0.1, -0.05) is 18.2 Å². The molecule has 1 aromatic rings. The van der Waals surface area contributed by atoms with E-state index in [0.29, 0.717) is 18.1 Å². The molecule has 0 bridgehead atoms. The number of ether oxygens (including phenoxy) is 1. The summed E-state index contributed by atoms with van der Waals surface area (Å²) in [7, 11) is 1.66. The van der Waals surface area contributed by atoms with Crippen molar-refractivity contribution in [2.24, 2.45) is 0 Å². The second-order valence-electron chi connectivity index (χ2n) is 4.12. The zero-order valence-electron chi connectivity index (χ0n) is 9.69. The number of ketones is 1. The molecule has 1 unspecified atom stereocenters. The van der Waals surface area contributed by atoms with Crippen LogP contribution in [0.3, 0.4) is 0 Å². The average molecular weight is 216 g/mol. The van der Waals surface area contributed by atoms with E-state index in [0.717, 1.165) is 17.7 Å². The Kier molecular flexibility index (Phi) is 3.09. The summed E-state index contributed by atoms with van der Waals surface area (Å²) >= 11 is 0. The van der Waals surface area contributed by atoms with E-state index >= 15 is 0 Å². The van der Waals surface area contributed by atoms with E-state index < -0.39 is 0 Å². The minimum Gasteiger partial charge on any atom is -0.497 e. The van der Waals surface area contributed by atoms with Gasteiger partial charge in [-0.2, -0.15) is 0 Å². The van der Waals surface area contributed by atoms with Crippen LogP contribution < -0.4 is 4.74 Å². The number of Topliss-reactive ketones (excluding diaryl/α,β-unsaturated/α-hetero) is 1. The summed E-state index contributed by atoms with van der Waals surface area (Å²) < 4.78 is 5.12. The fraction of sp³-hybridized carbons (Fsp3) is 0.357. The van der Waals surface area contributed by atoms with Crippen molar-refractivity contribution in [2.75, 3.05) is 7.11 Å². The molecule has 1 fully saturated rings. The Labute approximate surface area is 95.9 Å². The van der Waals surface area contributed by atoms with Crippen LogP contribution in [0.15, 0.2) is 35.9 Å². The molecule has 0 spiro atoms. The van der Waals surface area contributed by atoms with Gasteiger partial charge in [0.05, 0.1) is 7.11 Å². The molecule has 1 aliphatic rings.